The zero-order valence-corrected chi connectivity index (χ0v) is 9.71. The van der Waals surface area contributed by atoms with E-state index in [1.165, 1.54) is 12.8 Å². The molecule has 1 heterocycles. The molecule has 0 spiro atoms. The molecule has 3 heteroatoms. The molecule has 78 valence electrons. The van der Waals surface area contributed by atoms with E-state index in [4.69, 9.17) is 0 Å². The highest BCUT2D eigenvalue weighted by molar-refractivity contribution is 9.10. The number of likely N-dealkylation sites (tertiary alicyclic amines) is 1. The van der Waals surface area contributed by atoms with E-state index in [0.29, 0.717) is 0 Å². The number of hydrogen-bond acceptors (Lipinski definition) is 1. The van der Waals surface area contributed by atoms with Crippen molar-refractivity contribution in [3.8, 4) is 0 Å². The zero-order valence-electron chi connectivity index (χ0n) is 8.13. The molecule has 1 aliphatic heterocycles. The molecule has 1 saturated heterocycles. The number of alkyl halides is 2. The lowest BCUT2D eigenvalue weighted by atomic mass is 9.98. The first-order chi connectivity index (χ1) is 6.71. The Kier molecular flexibility index (Phi) is 3.07. The molecule has 1 nitrogen and oxygen atoms in total. The van der Waals surface area contributed by atoms with Crippen LogP contribution in [0.2, 0.25) is 0 Å². The van der Waals surface area contributed by atoms with Gasteiger partial charge in [0.15, 0.2) is 0 Å². The molecule has 2 atom stereocenters. The van der Waals surface area contributed by atoms with Gasteiger partial charge in [-0.25, -0.2) is 4.39 Å². The van der Waals surface area contributed by atoms with E-state index in [1.807, 2.05) is 12.2 Å². The lowest BCUT2D eigenvalue weighted by molar-refractivity contribution is 0.258. The van der Waals surface area contributed by atoms with Gasteiger partial charge in [0.1, 0.15) is 6.17 Å². The molecular formula is C11H15BrFN. The van der Waals surface area contributed by atoms with Crippen LogP contribution in [0.4, 0.5) is 4.39 Å². The maximum Gasteiger partial charge on any atom is 0.139 e. The number of allylic oxidation sites excluding steroid dienone is 3. The summed E-state index contributed by atoms with van der Waals surface area (Å²) in [5.41, 5.74) is 0. The van der Waals surface area contributed by atoms with Crippen LogP contribution in [0, 0.1) is 0 Å². The topological polar surface area (TPSA) is 3.24 Å². The summed E-state index contributed by atoms with van der Waals surface area (Å²) in [5.74, 6) is 0. The fraction of sp³-hybridized carbons (Fsp3) is 0.636. The van der Waals surface area contributed by atoms with Gasteiger partial charge in [-0.15, -0.1) is 0 Å². The van der Waals surface area contributed by atoms with Gasteiger partial charge in [0.05, 0.1) is 4.32 Å². The molecule has 0 aromatic heterocycles. The molecule has 0 amide bonds. The van der Waals surface area contributed by atoms with E-state index in [-0.39, 0.29) is 0 Å². The highest BCUT2D eigenvalue weighted by Gasteiger charge is 2.36. The minimum absolute atomic E-state index is 0.494. The Bertz CT molecular complexity index is 258. The van der Waals surface area contributed by atoms with Crippen molar-refractivity contribution in [2.45, 2.75) is 23.3 Å². The van der Waals surface area contributed by atoms with Crippen LogP contribution < -0.4 is 0 Å². The number of rotatable bonds is 2. The number of nitrogens with zero attached hydrogens (tertiary/aromatic N) is 1. The second-order valence-corrected chi connectivity index (χ2v) is 5.53. The smallest absolute Gasteiger partial charge is 0.139 e. The fourth-order valence-corrected chi connectivity index (χ4v) is 2.71. The average Bonchev–Trinajstić information content (AvgIpc) is 2.63. The quantitative estimate of drug-likeness (QED) is 0.690. The van der Waals surface area contributed by atoms with E-state index in [1.54, 1.807) is 12.2 Å². The van der Waals surface area contributed by atoms with Crippen LogP contribution in [0.3, 0.4) is 0 Å². The third kappa shape index (κ3) is 2.09. The van der Waals surface area contributed by atoms with E-state index in [9.17, 15) is 4.39 Å². The first kappa shape index (κ1) is 10.4. The van der Waals surface area contributed by atoms with Gasteiger partial charge >= 0.3 is 0 Å². The molecule has 0 radical (unpaired) electrons. The summed E-state index contributed by atoms with van der Waals surface area (Å²) in [5, 5.41) is 0. The molecule has 2 aliphatic rings. The first-order valence-corrected chi connectivity index (χ1v) is 5.91. The van der Waals surface area contributed by atoms with Gasteiger partial charge in [-0.05, 0) is 32.0 Å². The van der Waals surface area contributed by atoms with Crippen molar-refractivity contribution in [2.24, 2.45) is 0 Å². The van der Waals surface area contributed by atoms with Crippen LogP contribution in [0.5, 0.6) is 0 Å². The number of halogens is 2. The Balaban J connectivity index is 2.00. The van der Waals surface area contributed by atoms with Crippen molar-refractivity contribution in [3.63, 3.8) is 0 Å². The summed E-state index contributed by atoms with van der Waals surface area (Å²) < 4.78 is 13.2. The maximum atomic E-state index is 13.7. The van der Waals surface area contributed by atoms with Crippen LogP contribution in [0.15, 0.2) is 24.3 Å². The summed E-state index contributed by atoms with van der Waals surface area (Å²) in [6, 6.07) is 0. The van der Waals surface area contributed by atoms with Crippen LogP contribution in [0.1, 0.15) is 12.8 Å². The Morgan fingerprint density at radius 2 is 2.07 bits per heavy atom. The minimum atomic E-state index is -0.909. The normalized spacial score (nSPS) is 38.0. The lowest BCUT2D eigenvalue weighted by Gasteiger charge is -2.32. The van der Waals surface area contributed by atoms with Gasteiger partial charge < -0.3 is 4.90 Å². The summed E-state index contributed by atoms with van der Waals surface area (Å²) in [4.78, 5) is 2.32. The summed E-state index contributed by atoms with van der Waals surface area (Å²) in [7, 11) is 0. The van der Waals surface area contributed by atoms with E-state index < -0.39 is 10.5 Å². The van der Waals surface area contributed by atoms with Gasteiger partial charge in [-0.1, -0.05) is 34.2 Å². The molecule has 0 aromatic rings. The van der Waals surface area contributed by atoms with E-state index in [0.717, 1.165) is 19.6 Å². The summed E-state index contributed by atoms with van der Waals surface area (Å²) in [6.45, 7) is 2.99. The predicted octanol–water partition coefficient (Wildman–Crippen LogP) is 2.68. The van der Waals surface area contributed by atoms with Crippen molar-refractivity contribution in [1.82, 2.24) is 4.90 Å². The third-order valence-electron chi connectivity index (χ3n) is 2.89. The molecule has 0 N–H and O–H groups in total. The van der Waals surface area contributed by atoms with Crippen LogP contribution in [0.25, 0.3) is 0 Å². The molecule has 2 unspecified atom stereocenters. The Hall–Kier alpha value is -0.150. The van der Waals surface area contributed by atoms with Gasteiger partial charge in [-0.2, -0.15) is 0 Å². The van der Waals surface area contributed by atoms with Crippen molar-refractivity contribution >= 4 is 15.9 Å². The summed E-state index contributed by atoms with van der Waals surface area (Å²) >= 11 is 3.52. The van der Waals surface area contributed by atoms with Gasteiger partial charge in [0.25, 0.3) is 0 Å². The Morgan fingerprint density at radius 1 is 1.36 bits per heavy atom. The lowest BCUT2D eigenvalue weighted by Crippen LogP contribution is -2.42. The molecule has 1 fully saturated rings. The molecule has 1 aliphatic carbocycles. The summed E-state index contributed by atoms with van der Waals surface area (Å²) in [6.07, 6.45) is 8.82. The van der Waals surface area contributed by atoms with Gasteiger partial charge in [0.2, 0.25) is 0 Å². The molecule has 2 rings (SSSR count). The van der Waals surface area contributed by atoms with Crippen LogP contribution in [-0.2, 0) is 0 Å². The maximum absolute atomic E-state index is 13.7. The Labute approximate surface area is 92.8 Å². The molecular weight excluding hydrogens is 245 g/mol. The largest absolute Gasteiger partial charge is 0.302 e. The molecule has 0 bridgehead atoms. The van der Waals surface area contributed by atoms with Crippen LogP contribution >= 0.6 is 15.9 Å². The first-order valence-electron chi connectivity index (χ1n) is 5.12. The molecule has 0 aromatic carbocycles. The van der Waals surface area contributed by atoms with Crippen molar-refractivity contribution < 1.29 is 4.39 Å². The second-order valence-electron chi connectivity index (χ2n) is 4.06. The predicted molar refractivity (Wildman–Crippen MR) is 60.5 cm³/mol. The van der Waals surface area contributed by atoms with Crippen LogP contribution in [-0.4, -0.2) is 35.0 Å². The average molecular weight is 260 g/mol. The fourth-order valence-electron chi connectivity index (χ4n) is 2.05. The van der Waals surface area contributed by atoms with Gasteiger partial charge in [0, 0.05) is 6.54 Å². The zero-order chi connectivity index (χ0) is 10.0. The highest BCUT2D eigenvalue weighted by atomic mass is 79.9. The van der Waals surface area contributed by atoms with Gasteiger partial charge in [-0.3, -0.25) is 0 Å². The van der Waals surface area contributed by atoms with Crippen molar-refractivity contribution in [3.05, 3.63) is 24.3 Å². The SMILES string of the molecule is FC1C=CC=CC1(Br)CN1CCCC1. The van der Waals surface area contributed by atoms with E-state index in [2.05, 4.69) is 20.8 Å². The standard InChI is InChI=1S/C11H15BrFN/c12-11(6-2-1-5-10(11)13)9-14-7-3-4-8-14/h1-2,5-6,10H,3-4,7-9H2. The molecule has 0 saturated carbocycles. The molecule has 14 heavy (non-hydrogen) atoms. The van der Waals surface area contributed by atoms with Crippen molar-refractivity contribution in [2.75, 3.05) is 19.6 Å². The highest BCUT2D eigenvalue weighted by Crippen LogP contribution is 2.32. The number of hydrogen-bond donors (Lipinski definition) is 0. The third-order valence-corrected chi connectivity index (χ3v) is 3.84. The Morgan fingerprint density at radius 3 is 2.71 bits per heavy atom. The minimum Gasteiger partial charge on any atom is -0.302 e. The van der Waals surface area contributed by atoms with Crippen molar-refractivity contribution in [1.29, 1.82) is 0 Å². The second kappa shape index (κ2) is 4.15. The van der Waals surface area contributed by atoms with E-state index >= 15 is 0 Å². The monoisotopic (exact) mass is 259 g/mol.